The van der Waals surface area contributed by atoms with E-state index in [0.29, 0.717) is 22.9 Å². The molecule has 3 aromatic rings. The molecule has 3 N–H and O–H groups in total. The summed E-state index contributed by atoms with van der Waals surface area (Å²) in [6, 6.07) is 6.99. The van der Waals surface area contributed by atoms with Gasteiger partial charge in [-0.25, -0.2) is 14.6 Å². The van der Waals surface area contributed by atoms with Gasteiger partial charge in [-0.05, 0) is 56.2 Å². The SMILES string of the molecule is COc1ccc(-n2ncc(C(=O)NC3CC4(C3)CC(Oc3ncccc3C(N)=O)C4)c2C)cn1. The van der Waals surface area contributed by atoms with Crippen LogP contribution >= 0.6 is 0 Å². The first kappa shape index (κ1) is 21.9. The Morgan fingerprint density at radius 3 is 2.59 bits per heavy atom. The van der Waals surface area contributed by atoms with E-state index in [1.165, 1.54) is 0 Å². The molecule has 0 saturated heterocycles. The first-order valence-electron chi connectivity index (χ1n) is 11.1. The molecule has 1 spiro atoms. The van der Waals surface area contributed by atoms with Crippen LogP contribution in [0.25, 0.3) is 5.69 Å². The molecular weight excluding hydrogens is 436 g/mol. The van der Waals surface area contributed by atoms with E-state index in [-0.39, 0.29) is 23.5 Å². The molecule has 5 rings (SSSR count). The van der Waals surface area contributed by atoms with Crippen molar-refractivity contribution in [2.45, 2.75) is 44.8 Å². The lowest BCUT2D eigenvalue weighted by atomic mass is 9.53. The maximum absolute atomic E-state index is 12.9. The number of primary amides is 1. The topological polar surface area (TPSA) is 134 Å². The van der Waals surface area contributed by atoms with Gasteiger partial charge in [-0.3, -0.25) is 9.59 Å². The van der Waals surface area contributed by atoms with Gasteiger partial charge in [0.2, 0.25) is 11.8 Å². The third-order valence-corrected chi connectivity index (χ3v) is 6.76. The van der Waals surface area contributed by atoms with Crippen LogP contribution in [0.4, 0.5) is 0 Å². The first-order chi connectivity index (χ1) is 16.4. The molecular formula is C24H26N6O4. The first-order valence-corrected chi connectivity index (χ1v) is 11.1. The van der Waals surface area contributed by atoms with E-state index < -0.39 is 5.91 Å². The monoisotopic (exact) mass is 462 g/mol. The fraction of sp³-hybridized carbons (Fsp3) is 0.375. The highest BCUT2D eigenvalue weighted by Gasteiger charge is 2.54. The standard InChI is InChI=1S/C24H26N6O4/c1-14-19(13-28-30(14)16-5-6-20(33-2)27-12-16)22(32)29-15-8-24(9-15)10-17(11-24)34-23-18(21(25)31)4-3-7-26-23/h3-7,12-13,15,17H,8-11H2,1-2H3,(H2,25,31)(H,29,32). The number of nitrogens with two attached hydrogens (primary N) is 1. The third kappa shape index (κ3) is 3.95. The molecule has 2 aliphatic carbocycles. The predicted octanol–water partition coefficient (Wildman–Crippen LogP) is 2.20. The van der Waals surface area contributed by atoms with E-state index in [4.69, 9.17) is 15.2 Å². The van der Waals surface area contributed by atoms with Gasteiger partial charge in [-0.2, -0.15) is 5.10 Å². The summed E-state index contributed by atoms with van der Waals surface area (Å²) in [6.07, 6.45) is 8.37. The summed E-state index contributed by atoms with van der Waals surface area (Å²) in [5.41, 5.74) is 7.92. The molecule has 2 fully saturated rings. The van der Waals surface area contributed by atoms with Gasteiger partial charge in [0.05, 0.1) is 36.4 Å². The highest BCUT2D eigenvalue weighted by Crippen LogP contribution is 2.56. The van der Waals surface area contributed by atoms with E-state index in [1.807, 2.05) is 13.0 Å². The number of hydrogen-bond acceptors (Lipinski definition) is 7. The molecule has 0 unspecified atom stereocenters. The number of nitrogens with zero attached hydrogens (tertiary/aromatic N) is 4. The Labute approximate surface area is 196 Å². The van der Waals surface area contributed by atoms with Crippen molar-refractivity contribution in [2.75, 3.05) is 7.11 Å². The van der Waals surface area contributed by atoms with Gasteiger partial charge in [0.1, 0.15) is 11.7 Å². The Hall–Kier alpha value is -3.95. The van der Waals surface area contributed by atoms with Crippen LogP contribution in [0.5, 0.6) is 11.8 Å². The summed E-state index contributed by atoms with van der Waals surface area (Å²) < 4.78 is 12.7. The van der Waals surface area contributed by atoms with Gasteiger partial charge in [0.25, 0.3) is 11.8 Å². The van der Waals surface area contributed by atoms with E-state index in [0.717, 1.165) is 37.1 Å². The summed E-state index contributed by atoms with van der Waals surface area (Å²) in [7, 11) is 1.56. The molecule has 2 saturated carbocycles. The third-order valence-electron chi connectivity index (χ3n) is 6.76. The molecule has 0 aliphatic heterocycles. The van der Waals surface area contributed by atoms with Gasteiger partial charge in [-0.1, -0.05) is 0 Å². The lowest BCUT2D eigenvalue weighted by Crippen LogP contribution is -2.58. The Balaban J connectivity index is 1.14. The zero-order chi connectivity index (χ0) is 23.9. The Morgan fingerprint density at radius 1 is 1.12 bits per heavy atom. The molecule has 2 aliphatic rings. The van der Waals surface area contributed by atoms with Gasteiger partial charge in [-0.15, -0.1) is 0 Å². The fourth-order valence-electron chi connectivity index (χ4n) is 5.02. The number of amides is 2. The highest BCUT2D eigenvalue weighted by atomic mass is 16.5. The van der Waals surface area contributed by atoms with Crippen molar-refractivity contribution < 1.29 is 19.1 Å². The van der Waals surface area contributed by atoms with Crippen LogP contribution < -0.4 is 20.5 Å². The number of ether oxygens (including phenoxy) is 2. The molecule has 0 bridgehead atoms. The summed E-state index contributed by atoms with van der Waals surface area (Å²) in [4.78, 5) is 32.7. The molecule has 3 heterocycles. The molecule has 3 aromatic heterocycles. The number of pyridine rings is 2. The highest BCUT2D eigenvalue weighted by molar-refractivity contribution is 5.95. The van der Waals surface area contributed by atoms with Crippen LogP contribution in [0.3, 0.4) is 0 Å². The number of carbonyl (C=O) groups excluding carboxylic acids is 2. The van der Waals surface area contributed by atoms with E-state index >= 15 is 0 Å². The minimum absolute atomic E-state index is 0.00299. The number of nitrogens with one attached hydrogen (secondary N) is 1. The smallest absolute Gasteiger partial charge is 0.254 e. The predicted molar refractivity (Wildman–Crippen MR) is 122 cm³/mol. The van der Waals surface area contributed by atoms with Crippen molar-refractivity contribution in [3.63, 3.8) is 0 Å². The van der Waals surface area contributed by atoms with E-state index in [9.17, 15) is 9.59 Å². The van der Waals surface area contributed by atoms with Gasteiger partial charge < -0.3 is 20.5 Å². The molecule has 0 aromatic carbocycles. The summed E-state index contributed by atoms with van der Waals surface area (Å²) in [5.74, 6) is 0.128. The zero-order valence-electron chi connectivity index (χ0n) is 19.0. The average Bonchev–Trinajstić information content (AvgIpc) is 3.17. The maximum atomic E-state index is 12.9. The van der Waals surface area contributed by atoms with Crippen molar-refractivity contribution in [3.8, 4) is 17.4 Å². The normalized spacial score (nSPS) is 23.0. The Kier molecular flexibility index (Phi) is 5.43. The summed E-state index contributed by atoms with van der Waals surface area (Å²) >= 11 is 0. The lowest BCUT2D eigenvalue weighted by molar-refractivity contribution is -0.0848. The van der Waals surface area contributed by atoms with Crippen molar-refractivity contribution >= 4 is 11.8 Å². The molecule has 0 radical (unpaired) electrons. The Bertz CT molecular complexity index is 1220. The van der Waals surface area contributed by atoms with Crippen LogP contribution in [0.1, 0.15) is 52.1 Å². The molecule has 176 valence electrons. The molecule has 34 heavy (non-hydrogen) atoms. The quantitative estimate of drug-likeness (QED) is 0.550. The van der Waals surface area contributed by atoms with Crippen LogP contribution in [0.15, 0.2) is 42.9 Å². The number of hydrogen-bond donors (Lipinski definition) is 2. The van der Waals surface area contributed by atoms with Gasteiger partial charge in [0.15, 0.2) is 0 Å². The molecule has 2 amide bonds. The maximum Gasteiger partial charge on any atom is 0.254 e. The number of carbonyl (C=O) groups is 2. The Morgan fingerprint density at radius 2 is 1.91 bits per heavy atom. The fourth-order valence-corrected chi connectivity index (χ4v) is 5.02. The van der Waals surface area contributed by atoms with Gasteiger partial charge >= 0.3 is 0 Å². The number of rotatable bonds is 7. The summed E-state index contributed by atoms with van der Waals surface area (Å²) in [6.45, 7) is 1.86. The number of methoxy groups -OCH3 is 1. The second kappa shape index (κ2) is 8.44. The largest absolute Gasteiger partial charge is 0.481 e. The minimum atomic E-state index is -0.551. The summed E-state index contributed by atoms with van der Waals surface area (Å²) in [5, 5.41) is 7.48. The second-order valence-corrected chi connectivity index (χ2v) is 9.06. The average molecular weight is 463 g/mol. The molecule has 10 heteroatoms. The van der Waals surface area contributed by atoms with Crippen LogP contribution in [-0.4, -0.2) is 50.8 Å². The lowest BCUT2D eigenvalue weighted by Gasteiger charge is -2.57. The van der Waals surface area contributed by atoms with Crippen molar-refractivity contribution in [1.82, 2.24) is 25.1 Å². The van der Waals surface area contributed by atoms with E-state index in [1.54, 1.807) is 48.6 Å². The van der Waals surface area contributed by atoms with Crippen LogP contribution in [0.2, 0.25) is 0 Å². The molecule has 10 nitrogen and oxygen atoms in total. The minimum Gasteiger partial charge on any atom is -0.481 e. The van der Waals surface area contributed by atoms with Crippen molar-refractivity contribution in [1.29, 1.82) is 0 Å². The number of aromatic nitrogens is 4. The van der Waals surface area contributed by atoms with E-state index in [2.05, 4.69) is 20.4 Å². The van der Waals surface area contributed by atoms with Crippen molar-refractivity contribution in [3.05, 3.63) is 59.7 Å². The van der Waals surface area contributed by atoms with Crippen LogP contribution in [-0.2, 0) is 0 Å². The second-order valence-electron chi connectivity index (χ2n) is 9.06. The van der Waals surface area contributed by atoms with Crippen molar-refractivity contribution in [2.24, 2.45) is 11.1 Å². The zero-order valence-corrected chi connectivity index (χ0v) is 19.0. The van der Waals surface area contributed by atoms with Crippen LogP contribution in [0, 0.1) is 12.3 Å². The van der Waals surface area contributed by atoms with Gasteiger partial charge in [0, 0.05) is 18.3 Å². The molecule has 0 atom stereocenters.